The predicted molar refractivity (Wildman–Crippen MR) is 76.0 cm³/mol. The summed E-state index contributed by atoms with van der Waals surface area (Å²) in [6, 6.07) is 1.14. The molecule has 3 aliphatic rings. The van der Waals surface area contributed by atoms with Crippen molar-refractivity contribution in [2.45, 2.75) is 51.1 Å². The van der Waals surface area contributed by atoms with Gasteiger partial charge in [-0.15, -0.1) is 0 Å². The lowest BCUT2D eigenvalue weighted by molar-refractivity contribution is -0.135. The largest absolute Gasteiger partial charge is 0.341 e. The molecule has 0 aliphatic carbocycles. The van der Waals surface area contributed by atoms with Crippen LogP contribution in [0.15, 0.2) is 0 Å². The number of likely N-dealkylation sites (tertiary alicyclic amines) is 2. The van der Waals surface area contributed by atoms with Crippen molar-refractivity contribution in [3.8, 4) is 0 Å². The van der Waals surface area contributed by atoms with Gasteiger partial charge >= 0.3 is 0 Å². The highest BCUT2D eigenvalue weighted by molar-refractivity contribution is 5.79. The van der Waals surface area contributed by atoms with Gasteiger partial charge in [-0.3, -0.25) is 9.69 Å². The van der Waals surface area contributed by atoms with Crippen molar-refractivity contribution in [1.82, 2.24) is 15.1 Å². The number of carbonyl (C=O) groups excluding carboxylic acids is 1. The zero-order chi connectivity index (χ0) is 13.2. The van der Waals surface area contributed by atoms with Crippen molar-refractivity contribution >= 4 is 5.91 Å². The van der Waals surface area contributed by atoms with E-state index in [9.17, 15) is 4.79 Å². The van der Waals surface area contributed by atoms with E-state index in [1.54, 1.807) is 0 Å². The summed E-state index contributed by atoms with van der Waals surface area (Å²) in [7, 11) is 0. The Hall–Kier alpha value is -0.610. The Kier molecular flexibility index (Phi) is 4.08. The molecule has 1 N–H and O–H groups in total. The third-order valence-electron chi connectivity index (χ3n) is 5.11. The average molecular weight is 265 g/mol. The highest BCUT2D eigenvalue weighted by Crippen LogP contribution is 2.24. The van der Waals surface area contributed by atoms with Crippen LogP contribution < -0.4 is 5.32 Å². The van der Waals surface area contributed by atoms with E-state index in [0.29, 0.717) is 18.0 Å². The Balaban J connectivity index is 1.53. The highest BCUT2D eigenvalue weighted by atomic mass is 16.2. The van der Waals surface area contributed by atoms with Gasteiger partial charge in [0.1, 0.15) is 0 Å². The molecule has 4 nitrogen and oxygen atoms in total. The summed E-state index contributed by atoms with van der Waals surface area (Å²) >= 11 is 0. The van der Waals surface area contributed by atoms with E-state index in [1.807, 2.05) is 0 Å². The minimum absolute atomic E-state index is 0.272. The Morgan fingerprint density at radius 2 is 1.95 bits per heavy atom. The van der Waals surface area contributed by atoms with Crippen molar-refractivity contribution in [3.63, 3.8) is 0 Å². The number of nitrogens with zero attached hydrogens (tertiary/aromatic N) is 2. The zero-order valence-corrected chi connectivity index (χ0v) is 12.1. The second-order valence-electron chi connectivity index (χ2n) is 6.55. The molecule has 0 spiro atoms. The number of piperidine rings is 1. The molecule has 3 aliphatic heterocycles. The molecule has 108 valence electrons. The van der Waals surface area contributed by atoms with Crippen LogP contribution in [0, 0.1) is 5.92 Å². The SMILES string of the molecule is CC1CC(C(=O)N2CCC(N3CCCC3)C2)CCN1. The maximum Gasteiger partial charge on any atom is 0.225 e. The minimum Gasteiger partial charge on any atom is -0.341 e. The van der Waals surface area contributed by atoms with Gasteiger partial charge in [-0.05, 0) is 58.7 Å². The summed E-state index contributed by atoms with van der Waals surface area (Å²) in [5, 5.41) is 3.43. The molecule has 0 aromatic heterocycles. The predicted octanol–water partition coefficient (Wildman–Crippen LogP) is 1.07. The molecule has 3 fully saturated rings. The van der Waals surface area contributed by atoms with Gasteiger partial charge in [-0.2, -0.15) is 0 Å². The highest BCUT2D eigenvalue weighted by Gasteiger charge is 2.35. The fourth-order valence-electron chi connectivity index (χ4n) is 3.96. The number of nitrogens with one attached hydrogen (secondary N) is 1. The van der Waals surface area contributed by atoms with Crippen LogP contribution in [0.5, 0.6) is 0 Å². The van der Waals surface area contributed by atoms with E-state index < -0.39 is 0 Å². The lowest BCUT2D eigenvalue weighted by atomic mass is 9.92. The molecule has 3 atom stereocenters. The van der Waals surface area contributed by atoms with Crippen LogP contribution >= 0.6 is 0 Å². The molecule has 4 heteroatoms. The molecule has 3 saturated heterocycles. The molecule has 0 aromatic rings. The monoisotopic (exact) mass is 265 g/mol. The number of carbonyl (C=O) groups is 1. The van der Waals surface area contributed by atoms with Gasteiger partial charge in [0.25, 0.3) is 0 Å². The van der Waals surface area contributed by atoms with Gasteiger partial charge in [0.05, 0.1) is 0 Å². The minimum atomic E-state index is 0.272. The van der Waals surface area contributed by atoms with Crippen molar-refractivity contribution in [2.24, 2.45) is 5.92 Å². The standard InChI is InChI=1S/C15H27N3O/c1-12-10-13(4-6-16-12)15(19)18-9-5-14(11-18)17-7-2-3-8-17/h12-14,16H,2-11H2,1H3. The van der Waals surface area contributed by atoms with Gasteiger partial charge in [0, 0.05) is 31.1 Å². The third-order valence-corrected chi connectivity index (χ3v) is 5.11. The molecule has 0 radical (unpaired) electrons. The van der Waals surface area contributed by atoms with Crippen LogP contribution in [-0.2, 0) is 4.79 Å². The van der Waals surface area contributed by atoms with Crippen molar-refractivity contribution in [3.05, 3.63) is 0 Å². The topological polar surface area (TPSA) is 35.6 Å². The molecule has 19 heavy (non-hydrogen) atoms. The smallest absolute Gasteiger partial charge is 0.225 e. The van der Waals surface area contributed by atoms with Crippen LogP contribution in [0.3, 0.4) is 0 Å². The van der Waals surface area contributed by atoms with E-state index in [1.165, 1.54) is 32.4 Å². The molecular weight excluding hydrogens is 238 g/mol. The van der Waals surface area contributed by atoms with Gasteiger partial charge in [0.2, 0.25) is 5.91 Å². The lowest BCUT2D eigenvalue weighted by Gasteiger charge is -2.31. The first-order valence-corrected chi connectivity index (χ1v) is 8.00. The summed E-state index contributed by atoms with van der Waals surface area (Å²) in [4.78, 5) is 17.3. The van der Waals surface area contributed by atoms with Gasteiger partial charge in [-0.1, -0.05) is 0 Å². The summed E-state index contributed by atoms with van der Waals surface area (Å²) in [6.07, 6.45) is 5.91. The fraction of sp³-hybridized carbons (Fsp3) is 0.933. The molecule has 3 rings (SSSR count). The quantitative estimate of drug-likeness (QED) is 0.811. The van der Waals surface area contributed by atoms with E-state index in [2.05, 4.69) is 22.0 Å². The summed E-state index contributed by atoms with van der Waals surface area (Å²) in [5.41, 5.74) is 0. The summed E-state index contributed by atoms with van der Waals surface area (Å²) in [6.45, 7) is 7.65. The van der Waals surface area contributed by atoms with E-state index in [-0.39, 0.29) is 5.92 Å². The van der Waals surface area contributed by atoms with Crippen LogP contribution in [0.2, 0.25) is 0 Å². The Morgan fingerprint density at radius 1 is 1.16 bits per heavy atom. The average Bonchev–Trinajstić information content (AvgIpc) is 3.08. The number of rotatable bonds is 2. The van der Waals surface area contributed by atoms with Gasteiger partial charge in [-0.25, -0.2) is 0 Å². The first-order chi connectivity index (χ1) is 9.24. The first-order valence-electron chi connectivity index (χ1n) is 8.00. The molecule has 0 aromatic carbocycles. The molecule has 0 saturated carbocycles. The molecular formula is C15H27N3O. The van der Waals surface area contributed by atoms with E-state index >= 15 is 0 Å². The normalized spacial score (nSPS) is 36.9. The van der Waals surface area contributed by atoms with Gasteiger partial charge in [0.15, 0.2) is 0 Å². The maximum absolute atomic E-state index is 12.6. The van der Waals surface area contributed by atoms with E-state index in [4.69, 9.17) is 0 Å². The summed E-state index contributed by atoms with van der Waals surface area (Å²) in [5.74, 6) is 0.698. The van der Waals surface area contributed by atoms with Crippen LogP contribution in [-0.4, -0.2) is 60.5 Å². The lowest BCUT2D eigenvalue weighted by Crippen LogP contribution is -2.44. The maximum atomic E-state index is 12.6. The third kappa shape index (κ3) is 2.95. The number of hydrogen-bond acceptors (Lipinski definition) is 3. The Bertz CT molecular complexity index is 327. The number of hydrogen-bond donors (Lipinski definition) is 1. The van der Waals surface area contributed by atoms with Gasteiger partial charge < -0.3 is 10.2 Å². The van der Waals surface area contributed by atoms with Crippen LogP contribution in [0.1, 0.15) is 39.0 Å². The molecule has 3 unspecified atom stereocenters. The van der Waals surface area contributed by atoms with Crippen molar-refractivity contribution in [1.29, 1.82) is 0 Å². The fourth-order valence-corrected chi connectivity index (χ4v) is 3.96. The van der Waals surface area contributed by atoms with Crippen molar-refractivity contribution < 1.29 is 4.79 Å². The Morgan fingerprint density at radius 3 is 2.68 bits per heavy atom. The number of amides is 1. The molecule has 3 heterocycles. The van der Waals surface area contributed by atoms with Crippen LogP contribution in [0.4, 0.5) is 0 Å². The second-order valence-corrected chi connectivity index (χ2v) is 6.55. The van der Waals surface area contributed by atoms with Crippen LogP contribution in [0.25, 0.3) is 0 Å². The first kappa shape index (κ1) is 13.4. The second kappa shape index (κ2) is 5.80. The molecule has 0 bridgehead atoms. The van der Waals surface area contributed by atoms with E-state index in [0.717, 1.165) is 32.5 Å². The Labute approximate surface area is 116 Å². The summed E-state index contributed by atoms with van der Waals surface area (Å²) < 4.78 is 0. The zero-order valence-electron chi connectivity index (χ0n) is 12.1. The molecule has 1 amide bonds. The van der Waals surface area contributed by atoms with Crippen molar-refractivity contribution in [2.75, 3.05) is 32.7 Å².